The molecule has 2 rings (SSSR count). The Morgan fingerprint density at radius 1 is 1.06 bits per heavy atom. The molecule has 1 N–H and O–H groups in total. The first-order valence-electron chi connectivity index (χ1n) is 11.7. The number of nitrogens with one attached hydrogen (secondary N) is 1. The third-order valence-electron chi connectivity index (χ3n) is 5.07. The average molecular weight is 494 g/mol. The fourth-order valence-electron chi connectivity index (χ4n) is 3.49. The van der Waals surface area contributed by atoms with Crippen molar-refractivity contribution in [1.29, 1.82) is 0 Å². The number of rotatable bonds is 6. The molecule has 0 aliphatic carbocycles. The summed E-state index contributed by atoms with van der Waals surface area (Å²) >= 11 is 0. The number of benzene rings is 1. The summed E-state index contributed by atoms with van der Waals surface area (Å²) in [4.78, 5) is 44.3. The van der Waals surface area contributed by atoms with E-state index in [-0.39, 0.29) is 13.1 Å². The first-order chi connectivity index (χ1) is 16.2. The van der Waals surface area contributed by atoms with Crippen LogP contribution in [0.25, 0.3) is 0 Å². The molecule has 0 radical (unpaired) electrons. The summed E-state index contributed by atoms with van der Waals surface area (Å²) in [6.45, 7) is 11.1. The molecule has 196 valence electrons. The third-order valence-corrected chi connectivity index (χ3v) is 5.07. The van der Waals surface area contributed by atoms with Crippen molar-refractivity contribution < 1.29 is 33.4 Å². The van der Waals surface area contributed by atoms with E-state index in [2.05, 4.69) is 5.32 Å². The van der Waals surface area contributed by atoms with E-state index < -0.39 is 41.5 Å². The smallest absolute Gasteiger partial charge is 0.412 e. The lowest BCUT2D eigenvalue weighted by Crippen LogP contribution is -2.55. The standard InChI is InChI=1S/C25H39N3O7/c1-24(2,3)34-22(30)26-19-12-10-9-11-17(19)13-14-18-15-28(23(31)35-25(4,5)6)16-20(33-18)21(29)27(7)32-8/h9-12,18,20H,13-16H2,1-8H3,(H,26,30)/t18-,20+/m1/s1. The summed E-state index contributed by atoms with van der Waals surface area (Å²) in [5, 5.41) is 3.88. The van der Waals surface area contributed by atoms with Crippen molar-refractivity contribution >= 4 is 23.8 Å². The predicted molar refractivity (Wildman–Crippen MR) is 131 cm³/mol. The predicted octanol–water partition coefficient (Wildman–Crippen LogP) is 3.99. The molecule has 10 heteroatoms. The van der Waals surface area contributed by atoms with E-state index in [0.29, 0.717) is 18.5 Å². The molecule has 1 aromatic rings. The lowest BCUT2D eigenvalue weighted by molar-refractivity contribution is -0.190. The van der Waals surface area contributed by atoms with Crippen LogP contribution in [0.2, 0.25) is 0 Å². The Kier molecular flexibility index (Phi) is 9.51. The molecule has 35 heavy (non-hydrogen) atoms. The molecule has 10 nitrogen and oxygen atoms in total. The van der Waals surface area contributed by atoms with E-state index in [1.807, 2.05) is 18.2 Å². The quantitative estimate of drug-likeness (QED) is 0.597. The van der Waals surface area contributed by atoms with E-state index in [1.165, 1.54) is 19.1 Å². The molecule has 0 bridgehead atoms. The van der Waals surface area contributed by atoms with Gasteiger partial charge in [0.05, 0.1) is 26.3 Å². The van der Waals surface area contributed by atoms with Crippen molar-refractivity contribution in [2.45, 2.75) is 77.8 Å². The first kappa shape index (κ1) is 28.4. The number of anilines is 1. The maximum Gasteiger partial charge on any atom is 0.412 e. The zero-order chi connectivity index (χ0) is 26.4. The average Bonchev–Trinajstić information content (AvgIpc) is 2.74. The molecular formula is C25H39N3O7. The summed E-state index contributed by atoms with van der Waals surface area (Å²) in [6, 6.07) is 7.41. The summed E-state index contributed by atoms with van der Waals surface area (Å²) < 4.78 is 16.9. The van der Waals surface area contributed by atoms with Crippen LogP contribution in [0.1, 0.15) is 53.5 Å². The molecule has 1 saturated heterocycles. The van der Waals surface area contributed by atoms with Gasteiger partial charge in [-0.05, 0) is 66.0 Å². The SMILES string of the molecule is CON(C)C(=O)[C@@H]1CN(C(=O)OC(C)(C)C)C[C@@H](CCc2ccccc2NC(=O)OC(C)(C)C)O1. The maximum absolute atomic E-state index is 12.8. The second kappa shape index (κ2) is 11.7. The molecule has 1 aromatic carbocycles. The summed E-state index contributed by atoms with van der Waals surface area (Å²) in [5.41, 5.74) is 0.235. The monoisotopic (exact) mass is 493 g/mol. The van der Waals surface area contributed by atoms with Crippen LogP contribution in [0.3, 0.4) is 0 Å². The van der Waals surface area contributed by atoms with Crippen molar-refractivity contribution in [3.05, 3.63) is 29.8 Å². The minimum absolute atomic E-state index is 0.0642. The van der Waals surface area contributed by atoms with Gasteiger partial charge in [-0.15, -0.1) is 0 Å². The van der Waals surface area contributed by atoms with Crippen LogP contribution in [0.15, 0.2) is 24.3 Å². The van der Waals surface area contributed by atoms with Gasteiger partial charge in [-0.3, -0.25) is 14.9 Å². The molecule has 0 unspecified atom stereocenters. The van der Waals surface area contributed by atoms with E-state index in [1.54, 1.807) is 47.6 Å². The van der Waals surface area contributed by atoms with Crippen LogP contribution in [-0.2, 0) is 30.3 Å². The fraction of sp³-hybridized carbons (Fsp3) is 0.640. The van der Waals surface area contributed by atoms with Gasteiger partial charge in [0.15, 0.2) is 6.10 Å². The van der Waals surface area contributed by atoms with Gasteiger partial charge in [0.25, 0.3) is 5.91 Å². The van der Waals surface area contributed by atoms with Gasteiger partial charge in [0.2, 0.25) is 0 Å². The lowest BCUT2D eigenvalue weighted by Gasteiger charge is -2.38. The molecule has 3 amide bonds. The highest BCUT2D eigenvalue weighted by molar-refractivity contribution is 5.86. The summed E-state index contributed by atoms with van der Waals surface area (Å²) in [5.74, 6) is -0.391. The van der Waals surface area contributed by atoms with Gasteiger partial charge in [-0.1, -0.05) is 18.2 Å². The van der Waals surface area contributed by atoms with Gasteiger partial charge < -0.3 is 19.1 Å². The van der Waals surface area contributed by atoms with E-state index in [0.717, 1.165) is 10.6 Å². The van der Waals surface area contributed by atoms with Gasteiger partial charge in [0, 0.05) is 12.7 Å². The highest BCUT2D eigenvalue weighted by Crippen LogP contribution is 2.23. The van der Waals surface area contributed by atoms with E-state index >= 15 is 0 Å². The molecule has 2 atom stereocenters. The van der Waals surface area contributed by atoms with Crippen LogP contribution in [0, 0.1) is 0 Å². The minimum atomic E-state index is -0.888. The number of hydroxylamine groups is 2. The fourth-order valence-corrected chi connectivity index (χ4v) is 3.49. The van der Waals surface area contributed by atoms with Crippen LogP contribution < -0.4 is 5.32 Å². The Morgan fingerprint density at radius 2 is 1.69 bits per heavy atom. The Bertz CT molecular complexity index is 892. The topological polar surface area (TPSA) is 107 Å². The summed E-state index contributed by atoms with van der Waals surface area (Å²) in [6.07, 6.45) is -1.31. The number of amides is 3. The van der Waals surface area contributed by atoms with Gasteiger partial charge in [0.1, 0.15) is 11.2 Å². The number of likely N-dealkylation sites (N-methyl/N-ethyl adjacent to an activating group) is 1. The van der Waals surface area contributed by atoms with E-state index in [9.17, 15) is 14.4 Å². The molecule has 1 aliphatic rings. The highest BCUT2D eigenvalue weighted by Gasteiger charge is 2.37. The number of morpholine rings is 1. The number of hydrogen-bond donors (Lipinski definition) is 1. The van der Waals surface area contributed by atoms with Crippen molar-refractivity contribution in [3.8, 4) is 0 Å². The van der Waals surface area contributed by atoms with Crippen LogP contribution in [0.5, 0.6) is 0 Å². The van der Waals surface area contributed by atoms with Crippen LogP contribution in [0.4, 0.5) is 15.3 Å². The zero-order valence-corrected chi connectivity index (χ0v) is 22.0. The molecular weight excluding hydrogens is 454 g/mol. The molecule has 0 aromatic heterocycles. The van der Waals surface area contributed by atoms with Crippen molar-refractivity contribution in [3.63, 3.8) is 0 Å². The zero-order valence-electron chi connectivity index (χ0n) is 22.0. The number of carbonyl (C=O) groups is 3. The molecule has 1 aliphatic heterocycles. The Morgan fingerprint density at radius 3 is 2.29 bits per heavy atom. The van der Waals surface area contributed by atoms with Crippen molar-refractivity contribution in [1.82, 2.24) is 9.96 Å². The Hall–Kier alpha value is -2.85. The van der Waals surface area contributed by atoms with Gasteiger partial charge in [-0.25, -0.2) is 14.7 Å². The normalized spacial score (nSPS) is 18.6. The number of carbonyl (C=O) groups excluding carboxylic acids is 3. The van der Waals surface area contributed by atoms with Crippen molar-refractivity contribution in [2.24, 2.45) is 0 Å². The molecule has 0 spiro atoms. The van der Waals surface area contributed by atoms with Crippen LogP contribution >= 0.6 is 0 Å². The lowest BCUT2D eigenvalue weighted by atomic mass is 10.0. The summed E-state index contributed by atoms with van der Waals surface area (Å²) in [7, 11) is 2.88. The largest absolute Gasteiger partial charge is 0.444 e. The molecule has 1 fully saturated rings. The highest BCUT2D eigenvalue weighted by atomic mass is 16.7. The second-order valence-corrected chi connectivity index (χ2v) is 10.5. The number of hydrogen-bond acceptors (Lipinski definition) is 7. The second-order valence-electron chi connectivity index (χ2n) is 10.5. The molecule has 0 saturated carbocycles. The minimum Gasteiger partial charge on any atom is -0.444 e. The van der Waals surface area contributed by atoms with Gasteiger partial charge in [-0.2, -0.15) is 0 Å². The Labute approximate surface area is 207 Å². The number of para-hydroxylation sites is 1. The number of ether oxygens (including phenoxy) is 3. The van der Waals surface area contributed by atoms with E-state index in [4.69, 9.17) is 19.0 Å². The van der Waals surface area contributed by atoms with Crippen molar-refractivity contribution in [2.75, 3.05) is 32.6 Å². The maximum atomic E-state index is 12.8. The first-order valence-corrected chi connectivity index (χ1v) is 11.7. The molecule has 1 heterocycles. The van der Waals surface area contributed by atoms with Crippen LogP contribution in [-0.4, -0.2) is 78.7 Å². The number of aryl methyl sites for hydroxylation is 1. The third kappa shape index (κ3) is 9.37. The van der Waals surface area contributed by atoms with Gasteiger partial charge >= 0.3 is 12.2 Å². The number of nitrogens with zero attached hydrogens (tertiary/aromatic N) is 2. The Balaban J connectivity index is 2.13.